The van der Waals surface area contributed by atoms with Gasteiger partial charge in [0.1, 0.15) is 6.61 Å². The molecular weight excluding hydrogens is 256 g/mol. The molecule has 0 aliphatic heterocycles. The summed E-state index contributed by atoms with van der Waals surface area (Å²) in [5.41, 5.74) is 1.77. The average Bonchev–Trinajstić information content (AvgIpc) is 2.91. The van der Waals surface area contributed by atoms with E-state index in [9.17, 15) is 4.79 Å². The van der Waals surface area contributed by atoms with Crippen LogP contribution in [0.15, 0.2) is 42.6 Å². The van der Waals surface area contributed by atoms with Gasteiger partial charge in [0.25, 0.3) is 11.6 Å². The normalized spacial score (nSPS) is 10.7. The van der Waals surface area contributed by atoms with Crippen molar-refractivity contribution >= 4 is 11.7 Å². The number of benzene rings is 1. The highest BCUT2D eigenvalue weighted by molar-refractivity contribution is 5.85. The number of fused-ring (bicyclic) bond motifs is 1. The predicted molar refractivity (Wildman–Crippen MR) is 71.1 cm³/mol. The molecule has 0 bridgehead atoms. The van der Waals surface area contributed by atoms with Gasteiger partial charge in [0.05, 0.1) is 0 Å². The third kappa shape index (κ3) is 2.35. The van der Waals surface area contributed by atoms with Crippen molar-refractivity contribution in [1.82, 2.24) is 19.6 Å². The van der Waals surface area contributed by atoms with Crippen LogP contribution in [-0.4, -0.2) is 25.6 Å². The lowest BCUT2D eigenvalue weighted by molar-refractivity contribution is 0.0458. The van der Waals surface area contributed by atoms with Crippen LogP contribution >= 0.6 is 0 Å². The molecule has 2 heterocycles. The lowest BCUT2D eigenvalue weighted by Crippen LogP contribution is -2.07. The van der Waals surface area contributed by atoms with Crippen molar-refractivity contribution in [2.24, 2.45) is 0 Å². The fraction of sp³-hybridized carbons (Fsp3) is 0.143. The Morgan fingerprint density at radius 3 is 2.80 bits per heavy atom. The van der Waals surface area contributed by atoms with Crippen molar-refractivity contribution in [3.05, 3.63) is 59.7 Å². The standard InChI is InChI=1S/C14H12N4O2/c1-10-7-8-15-14-16-12(17-18(10)14)13(19)20-9-11-5-3-2-4-6-11/h2-8H,9H2,1H3. The molecule has 0 unspecified atom stereocenters. The van der Waals surface area contributed by atoms with E-state index in [1.807, 2.05) is 37.3 Å². The van der Waals surface area contributed by atoms with Gasteiger partial charge in [0, 0.05) is 11.9 Å². The van der Waals surface area contributed by atoms with E-state index < -0.39 is 5.97 Å². The van der Waals surface area contributed by atoms with E-state index in [0.717, 1.165) is 11.3 Å². The number of esters is 1. The van der Waals surface area contributed by atoms with E-state index in [1.165, 1.54) is 4.52 Å². The zero-order valence-corrected chi connectivity index (χ0v) is 10.9. The number of aryl methyl sites for hydroxylation is 1. The smallest absolute Gasteiger partial charge is 0.378 e. The Morgan fingerprint density at radius 2 is 2.05 bits per heavy atom. The van der Waals surface area contributed by atoms with Crippen LogP contribution < -0.4 is 0 Å². The molecule has 6 nitrogen and oxygen atoms in total. The molecule has 2 aromatic heterocycles. The van der Waals surface area contributed by atoms with Crippen molar-refractivity contribution in [2.75, 3.05) is 0 Å². The van der Waals surface area contributed by atoms with Crippen LogP contribution in [0.3, 0.4) is 0 Å². The second kappa shape index (κ2) is 5.08. The Hall–Kier alpha value is -2.76. The Kier molecular flexibility index (Phi) is 3.12. The molecule has 0 radical (unpaired) electrons. The van der Waals surface area contributed by atoms with Gasteiger partial charge >= 0.3 is 5.97 Å². The molecule has 0 N–H and O–H groups in total. The molecule has 0 amide bonds. The third-order valence-electron chi connectivity index (χ3n) is 2.83. The fourth-order valence-corrected chi connectivity index (χ4v) is 1.78. The Labute approximate surface area is 115 Å². The maximum absolute atomic E-state index is 11.9. The van der Waals surface area contributed by atoms with Crippen LogP contribution in [0.4, 0.5) is 0 Å². The van der Waals surface area contributed by atoms with Crippen LogP contribution in [0, 0.1) is 6.92 Å². The van der Waals surface area contributed by atoms with E-state index in [-0.39, 0.29) is 12.4 Å². The van der Waals surface area contributed by atoms with Crippen molar-refractivity contribution in [3.8, 4) is 0 Å². The average molecular weight is 268 g/mol. The molecule has 100 valence electrons. The number of rotatable bonds is 3. The maximum atomic E-state index is 11.9. The van der Waals surface area contributed by atoms with Crippen LogP contribution in [0.1, 0.15) is 21.9 Å². The van der Waals surface area contributed by atoms with Crippen molar-refractivity contribution < 1.29 is 9.53 Å². The molecule has 0 atom stereocenters. The summed E-state index contributed by atoms with van der Waals surface area (Å²) in [5, 5.41) is 4.09. The quantitative estimate of drug-likeness (QED) is 0.677. The molecule has 0 spiro atoms. The number of aromatic nitrogens is 4. The Morgan fingerprint density at radius 1 is 1.25 bits per heavy atom. The van der Waals surface area contributed by atoms with Crippen molar-refractivity contribution in [1.29, 1.82) is 0 Å². The molecule has 6 heteroatoms. The predicted octanol–water partition coefficient (Wildman–Crippen LogP) is 1.79. The minimum Gasteiger partial charge on any atom is -0.455 e. The van der Waals surface area contributed by atoms with Gasteiger partial charge in [-0.25, -0.2) is 14.3 Å². The molecule has 0 saturated carbocycles. The summed E-state index contributed by atoms with van der Waals surface area (Å²) in [4.78, 5) is 20.0. The van der Waals surface area contributed by atoms with E-state index in [4.69, 9.17) is 4.74 Å². The summed E-state index contributed by atoms with van der Waals surface area (Å²) in [6.45, 7) is 2.06. The number of hydrogen-bond acceptors (Lipinski definition) is 5. The molecule has 0 aliphatic carbocycles. The SMILES string of the molecule is Cc1ccnc2nc(C(=O)OCc3ccccc3)nn12. The minimum absolute atomic E-state index is 0.0164. The number of ether oxygens (including phenoxy) is 1. The molecule has 0 saturated heterocycles. The van der Waals surface area contributed by atoms with Gasteiger partial charge in [-0.15, -0.1) is 5.10 Å². The number of nitrogens with zero attached hydrogens (tertiary/aromatic N) is 4. The van der Waals surface area contributed by atoms with Crippen molar-refractivity contribution in [3.63, 3.8) is 0 Å². The summed E-state index contributed by atoms with van der Waals surface area (Å²) in [6.07, 6.45) is 1.62. The highest BCUT2D eigenvalue weighted by atomic mass is 16.5. The molecule has 3 aromatic rings. The Bertz CT molecular complexity index is 752. The molecule has 3 rings (SSSR count). The van der Waals surface area contributed by atoms with Crippen LogP contribution in [-0.2, 0) is 11.3 Å². The zero-order valence-electron chi connectivity index (χ0n) is 10.9. The van der Waals surface area contributed by atoms with E-state index >= 15 is 0 Å². The molecule has 20 heavy (non-hydrogen) atoms. The van der Waals surface area contributed by atoms with E-state index in [2.05, 4.69) is 15.1 Å². The van der Waals surface area contributed by atoms with Crippen molar-refractivity contribution in [2.45, 2.75) is 13.5 Å². The lowest BCUT2D eigenvalue weighted by atomic mass is 10.2. The maximum Gasteiger partial charge on any atom is 0.378 e. The highest BCUT2D eigenvalue weighted by Crippen LogP contribution is 2.06. The molecule has 0 fully saturated rings. The first-order valence-electron chi connectivity index (χ1n) is 6.13. The summed E-state index contributed by atoms with van der Waals surface area (Å²) in [6, 6.07) is 11.2. The van der Waals surface area contributed by atoms with Gasteiger partial charge in [-0.05, 0) is 18.6 Å². The molecular formula is C14H12N4O2. The third-order valence-corrected chi connectivity index (χ3v) is 2.83. The van der Waals surface area contributed by atoms with Gasteiger partial charge < -0.3 is 4.74 Å². The number of carbonyl (C=O) groups excluding carboxylic acids is 1. The first-order chi connectivity index (χ1) is 9.74. The van der Waals surface area contributed by atoms with Crippen LogP contribution in [0.5, 0.6) is 0 Å². The zero-order chi connectivity index (χ0) is 13.9. The monoisotopic (exact) mass is 268 g/mol. The van der Waals surface area contributed by atoms with Crippen LogP contribution in [0.25, 0.3) is 5.78 Å². The molecule has 1 aromatic carbocycles. The lowest BCUT2D eigenvalue weighted by Gasteiger charge is -2.01. The van der Waals surface area contributed by atoms with Gasteiger partial charge in [0.15, 0.2) is 0 Å². The first-order valence-corrected chi connectivity index (χ1v) is 6.13. The summed E-state index contributed by atoms with van der Waals surface area (Å²) in [5.74, 6) is -0.154. The van der Waals surface area contributed by atoms with Gasteiger partial charge in [-0.1, -0.05) is 30.3 Å². The largest absolute Gasteiger partial charge is 0.455 e. The van der Waals surface area contributed by atoms with E-state index in [0.29, 0.717) is 5.78 Å². The summed E-state index contributed by atoms with van der Waals surface area (Å²) < 4.78 is 6.69. The number of carbonyl (C=O) groups is 1. The van der Waals surface area contributed by atoms with Gasteiger partial charge in [0.2, 0.25) is 0 Å². The fourth-order valence-electron chi connectivity index (χ4n) is 1.78. The van der Waals surface area contributed by atoms with Gasteiger partial charge in [-0.3, -0.25) is 0 Å². The second-order valence-electron chi connectivity index (χ2n) is 4.30. The summed E-state index contributed by atoms with van der Waals surface area (Å²) >= 11 is 0. The highest BCUT2D eigenvalue weighted by Gasteiger charge is 2.15. The van der Waals surface area contributed by atoms with E-state index in [1.54, 1.807) is 12.3 Å². The second-order valence-corrected chi connectivity index (χ2v) is 4.30. The first kappa shape index (κ1) is 12.3. The molecule has 0 aliphatic rings. The van der Waals surface area contributed by atoms with Crippen LogP contribution in [0.2, 0.25) is 0 Å². The Balaban J connectivity index is 1.77. The minimum atomic E-state index is -0.557. The van der Waals surface area contributed by atoms with Gasteiger partial charge in [-0.2, -0.15) is 4.98 Å². The topological polar surface area (TPSA) is 69.4 Å². The number of hydrogen-bond donors (Lipinski definition) is 0. The summed E-state index contributed by atoms with van der Waals surface area (Å²) in [7, 11) is 0.